The van der Waals surface area contributed by atoms with Crippen molar-refractivity contribution in [3.63, 3.8) is 0 Å². The molecule has 0 fully saturated rings. The van der Waals surface area contributed by atoms with Gasteiger partial charge in [-0.3, -0.25) is 4.79 Å². The number of aryl methyl sites for hydroxylation is 1. The van der Waals surface area contributed by atoms with Crippen molar-refractivity contribution in [3.8, 4) is 28.7 Å². The fourth-order valence-electron chi connectivity index (χ4n) is 2.63. The first kappa shape index (κ1) is 19.0. The number of benzene rings is 2. The molecule has 0 radical (unpaired) electrons. The molecule has 1 N–H and O–H groups in total. The first-order chi connectivity index (χ1) is 13.0. The van der Waals surface area contributed by atoms with Gasteiger partial charge in [0.05, 0.1) is 21.7 Å². The summed E-state index contributed by atoms with van der Waals surface area (Å²) in [6.07, 6.45) is 0.830. The molecule has 0 aliphatic heterocycles. The van der Waals surface area contributed by atoms with Gasteiger partial charge in [0.1, 0.15) is 5.69 Å². The summed E-state index contributed by atoms with van der Waals surface area (Å²) in [6, 6.07) is 14.2. The Hall–Kier alpha value is -2.81. The van der Waals surface area contributed by atoms with Crippen LogP contribution in [0, 0.1) is 11.3 Å². The molecule has 27 heavy (non-hydrogen) atoms. The van der Waals surface area contributed by atoms with Crippen molar-refractivity contribution in [1.82, 2.24) is 4.98 Å². The standard InChI is InChI=1S/C20H14Cl2N2O3/c21-15-8-7-13(10-16(15)22)19-20(14-4-1-3-12(9-14)11-23)27-17(24-19)5-2-6-18(25)26/h1,3-4,7-10H,2,5-6H2,(H,25,26). The first-order valence-corrected chi connectivity index (χ1v) is 8.91. The molecule has 0 amide bonds. The predicted molar refractivity (Wildman–Crippen MR) is 103 cm³/mol. The highest BCUT2D eigenvalue weighted by Crippen LogP contribution is 2.36. The van der Waals surface area contributed by atoms with E-state index in [-0.39, 0.29) is 6.42 Å². The molecular weight excluding hydrogens is 387 g/mol. The van der Waals surface area contributed by atoms with Crippen molar-refractivity contribution in [2.24, 2.45) is 0 Å². The Bertz CT molecular complexity index is 1040. The van der Waals surface area contributed by atoms with E-state index >= 15 is 0 Å². The molecule has 1 heterocycles. The van der Waals surface area contributed by atoms with Gasteiger partial charge >= 0.3 is 5.97 Å². The smallest absolute Gasteiger partial charge is 0.303 e. The van der Waals surface area contributed by atoms with E-state index in [1.807, 2.05) is 6.07 Å². The third-order valence-electron chi connectivity index (χ3n) is 3.90. The van der Waals surface area contributed by atoms with Gasteiger partial charge in [-0.05, 0) is 30.7 Å². The number of aromatic nitrogens is 1. The number of hydrogen-bond acceptors (Lipinski definition) is 4. The lowest BCUT2D eigenvalue weighted by atomic mass is 10.0. The summed E-state index contributed by atoms with van der Waals surface area (Å²) in [5, 5.41) is 18.8. The minimum Gasteiger partial charge on any atom is -0.481 e. The lowest BCUT2D eigenvalue weighted by molar-refractivity contribution is -0.137. The van der Waals surface area contributed by atoms with E-state index < -0.39 is 5.97 Å². The van der Waals surface area contributed by atoms with Gasteiger partial charge in [-0.1, -0.05) is 41.4 Å². The zero-order valence-corrected chi connectivity index (χ0v) is 15.6. The van der Waals surface area contributed by atoms with Crippen LogP contribution in [0.1, 0.15) is 24.3 Å². The Kier molecular flexibility index (Phi) is 5.80. The average molecular weight is 401 g/mol. The van der Waals surface area contributed by atoms with Crippen LogP contribution in [0.25, 0.3) is 22.6 Å². The minimum absolute atomic E-state index is 0.0315. The van der Waals surface area contributed by atoms with Gasteiger partial charge in [0.25, 0.3) is 0 Å². The molecule has 5 nitrogen and oxygen atoms in total. The van der Waals surface area contributed by atoms with E-state index in [1.54, 1.807) is 36.4 Å². The highest BCUT2D eigenvalue weighted by atomic mass is 35.5. The van der Waals surface area contributed by atoms with Crippen LogP contribution in [-0.2, 0) is 11.2 Å². The normalized spacial score (nSPS) is 10.6. The lowest BCUT2D eigenvalue weighted by Gasteiger charge is -2.03. The van der Waals surface area contributed by atoms with Crippen molar-refractivity contribution >= 4 is 29.2 Å². The summed E-state index contributed by atoms with van der Waals surface area (Å²) in [5.74, 6) is 0.0544. The van der Waals surface area contributed by atoms with Gasteiger partial charge in [-0.15, -0.1) is 0 Å². The molecule has 0 saturated carbocycles. The second-order valence-electron chi connectivity index (χ2n) is 5.85. The summed E-state index contributed by atoms with van der Waals surface area (Å²) in [6.45, 7) is 0. The molecule has 1 aromatic heterocycles. The third kappa shape index (κ3) is 4.48. The molecule has 0 aliphatic rings. The summed E-state index contributed by atoms with van der Waals surface area (Å²) < 4.78 is 5.92. The van der Waals surface area contributed by atoms with Crippen molar-refractivity contribution in [2.45, 2.75) is 19.3 Å². The zero-order valence-electron chi connectivity index (χ0n) is 14.1. The van der Waals surface area contributed by atoms with Crippen molar-refractivity contribution in [1.29, 1.82) is 5.26 Å². The fraction of sp³-hybridized carbons (Fsp3) is 0.150. The molecule has 0 spiro atoms. The van der Waals surface area contributed by atoms with Crippen LogP contribution in [0.15, 0.2) is 46.9 Å². The number of oxazole rings is 1. The fourth-order valence-corrected chi connectivity index (χ4v) is 2.93. The number of carbonyl (C=O) groups is 1. The maximum Gasteiger partial charge on any atom is 0.303 e. The van der Waals surface area contributed by atoms with Crippen LogP contribution in [0.4, 0.5) is 0 Å². The molecule has 7 heteroatoms. The molecule has 0 bridgehead atoms. The highest BCUT2D eigenvalue weighted by molar-refractivity contribution is 6.42. The number of aliphatic carboxylic acids is 1. The van der Waals surface area contributed by atoms with Gasteiger partial charge in [0.2, 0.25) is 0 Å². The Morgan fingerprint density at radius 2 is 1.96 bits per heavy atom. The first-order valence-electron chi connectivity index (χ1n) is 8.15. The minimum atomic E-state index is -0.867. The largest absolute Gasteiger partial charge is 0.481 e. The number of halogens is 2. The summed E-state index contributed by atoms with van der Waals surface area (Å²) in [5.41, 5.74) is 2.48. The Labute approximate surface area is 165 Å². The average Bonchev–Trinajstić information content (AvgIpc) is 3.08. The number of carboxylic acids is 1. The van der Waals surface area contributed by atoms with Crippen LogP contribution in [-0.4, -0.2) is 16.1 Å². The van der Waals surface area contributed by atoms with E-state index in [0.717, 1.165) is 5.56 Å². The number of nitrogens with zero attached hydrogens (tertiary/aromatic N) is 2. The molecule has 136 valence electrons. The molecular formula is C20H14Cl2N2O3. The maximum absolute atomic E-state index is 10.7. The van der Waals surface area contributed by atoms with E-state index in [4.69, 9.17) is 38.0 Å². The van der Waals surface area contributed by atoms with Crippen LogP contribution < -0.4 is 0 Å². The number of hydrogen-bond donors (Lipinski definition) is 1. The molecule has 3 rings (SSSR count). The summed E-state index contributed by atoms with van der Waals surface area (Å²) in [4.78, 5) is 15.3. The zero-order chi connectivity index (χ0) is 19.4. The quantitative estimate of drug-likeness (QED) is 0.581. The Morgan fingerprint density at radius 3 is 2.67 bits per heavy atom. The van der Waals surface area contributed by atoms with Crippen LogP contribution in [0.2, 0.25) is 10.0 Å². The predicted octanol–water partition coefficient (Wildman–Crippen LogP) is 5.59. The Balaban J connectivity index is 2.05. The van der Waals surface area contributed by atoms with Gasteiger partial charge in [-0.2, -0.15) is 5.26 Å². The second kappa shape index (κ2) is 8.26. The Morgan fingerprint density at radius 1 is 1.15 bits per heavy atom. The van der Waals surface area contributed by atoms with E-state index in [0.29, 0.717) is 51.4 Å². The van der Waals surface area contributed by atoms with Crippen LogP contribution in [0.5, 0.6) is 0 Å². The molecule has 0 saturated heterocycles. The summed E-state index contributed by atoms with van der Waals surface area (Å²) in [7, 11) is 0. The van der Waals surface area contributed by atoms with Gasteiger partial charge in [0.15, 0.2) is 11.7 Å². The van der Waals surface area contributed by atoms with E-state index in [2.05, 4.69) is 11.1 Å². The molecule has 0 unspecified atom stereocenters. The van der Waals surface area contributed by atoms with Crippen molar-refractivity contribution in [3.05, 3.63) is 64.0 Å². The van der Waals surface area contributed by atoms with Gasteiger partial charge in [-0.25, -0.2) is 4.98 Å². The van der Waals surface area contributed by atoms with Crippen LogP contribution in [0.3, 0.4) is 0 Å². The highest BCUT2D eigenvalue weighted by Gasteiger charge is 2.18. The van der Waals surface area contributed by atoms with Gasteiger partial charge < -0.3 is 9.52 Å². The van der Waals surface area contributed by atoms with Crippen LogP contribution >= 0.6 is 23.2 Å². The van der Waals surface area contributed by atoms with E-state index in [9.17, 15) is 4.79 Å². The van der Waals surface area contributed by atoms with Crippen molar-refractivity contribution < 1.29 is 14.3 Å². The molecule has 0 aliphatic carbocycles. The number of rotatable bonds is 6. The molecule has 0 atom stereocenters. The summed E-state index contributed by atoms with van der Waals surface area (Å²) >= 11 is 12.1. The van der Waals surface area contributed by atoms with E-state index in [1.165, 1.54) is 0 Å². The van der Waals surface area contributed by atoms with Gasteiger partial charge in [0, 0.05) is 24.0 Å². The lowest BCUT2D eigenvalue weighted by Crippen LogP contribution is -1.95. The van der Waals surface area contributed by atoms with Crippen molar-refractivity contribution in [2.75, 3.05) is 0 Å². The topological polar surface area (TPSA) is 87.1 Å². The molecule has 3 aromatic rings. The SMILES string of the molecule is N#Cc1cccc(-c2oc(CCCC(=O)O)nc2-c2ccc(Cl)c(Cl)c2)c1. The molecule has 2 aromatic carbocycles. The number of nitriles is 1. The number of carboxylic acid groups (broad SMARTS) is 1. The maximum atomic E-state index is 10.7. The second-order valence-corrected chi connectivity index (χ2v) is 6.67. The monoisotopic (exact) mass is 400 g/mol. The third-order valence-corrected chi connectivity index (χ3v) is 4.64.